The first kappa shape index (κ1) is 18.1. The molecular weight excluding hydrogens is 382 g/mol. The Kier molecular flexibility index (Phi) is 5.55. The second kappa shape index (κ2) is 7.67. The van der Waals surface area contributed by atoms with Gasteiger partial charge in [0, 0.05) is 24.7 Å². The molecule has 3 aromatic rings. The highest BCUT2D eigenvalue weighted by molar-refractivity contribution is 7.89. The lowest BCUT2D eigenvalue weighted by Crippen LogP contribution is -2.31. The number of aromatic amines is 1. The van der Waals surface area contributed by atoms with Crippen molar-refractivity contribution in [1.82, 2.24) is 15.0 Å². The predicted octanol–water partition coefficient (Wildman–Crippen LogP) is 2.31. The molecule has 0 saturated heterocycles. The number of hydrogen-bond donors (Lipinski definition) is 3. The maximum Gasteiger partial charge on any atom is 0.305 e. The molecule has 3 rings (SSSR count). The van der Waals surface area contributed by atoms with Gasteiger partial charge >= 0.3 is 4.87 Å². The van der Waals surface area contributed by atoms with Gasteiger partial charge < -0.3 is 10.3 Å². The fourth-order valence-corrected chi connectivity index (χ4v) is 4.66. The third-order valence-corrected chi connectivity index (χ3v) is 6.11. The van der Waals surface area contributed by atoms with Crippen molar-refractivity contribution in [2.75, 3.05) is 13.1 Å². The summed E-state index contributed by atoms with van der Waals surface area (Å²) in [6.45, 7) is 1.28. The third-order valence-electron chi connectivity index (χ3n) is 3.52. The lowest BCUT2D eigenvalue weighted by molar-refractivity contribution is 0.576. The standard InChI is InChI=1S/C16H16ClN3O3S2/c17-12-4-1-3-11(9-12)10-18-7-8-19-25(22,23)14-6-2-5-13-15(14)20-16(21)24-13/h1-6,9,18-19H,7-8,10H2,(H,20,21). The van der Waals surface area contributed by atoms with Gasteiger partial charge in [-0.3, -0.25) is 4.79 Å². The number of fused-ring (bicyclic) bond motifs is 1. The molecule has 0 radical (unpaired) electrons. The largest absolute Gasteiger partial charge is 0.311 e. The quantitative estimate of drug-likeness (QED) is 0.533. The van der Waals surface area contributed by atoms with Crippen molar-refractivity contribution >= 4 is 43.2 Å². The SMILES string of the molecule is O=c1[nH]c2c(S(=O)(=O)NCCNCc3cccc(Cl)c3)cccc2s1. The van der Waals surface area contributed by atoms with Crippen LogP contribution in [0.2, 0.25) is 5.02 Å². The maximum atomic E-state index is 12.5. The lowest BCUT2D eigenvalue weighted by atomic mass is 10.2. The van der Waals surface area contributed by atoms with Gasteiger partial charge in [-0.05, 0) is 29.8 Å². The topological polar surface area (TPSA) is 91.1 Å². The first-order valence-electron chi connectivity index (χ1n) is 7.52. The van der Waals surface area contributed by atoms with Crippen LogP contribution < -0.4 is 14.9 Å². The number of benzene rings is 2. The molecule has 0 bridgehead atoms. The van der Waals surface area contributed by atoms with Crippen LogP contribution in [0.15, 0.2) is 52.2 Å². The molecule has 0 fully saturated rings. The van der Waals surface area contributed by atoms with Gasteiger partial charge in [0.05, 0.1) is 10.2 Å². The Morgan fingerprint density at radius 1 is 1.12 bits per heavy atom. The summed E-state index contributed by atoms with van der Waals surface area (Å²) >= 11 is 6.90. The van der Waals surface area contributed by atoms with Crippen LogP contribution in [0, 0.1) is 0 Å². The highest BCUT2D eigenvalue weighted by Gasteiger charge is 2.18. The zero-order chi connectivity index (χ0) is 17.9. The summed E-state index contributed by atoms with van der Waals surface area (Å²) in [5.41, 5.74) is 1.37. The van der Waals surface area contributed by atoms with Crippen molar-refractivity contribution in [3.8, 4) is 0 Å². The molecule has 2 aromatic carbocycles. The van der Waals surface area contributed by atoms with Gasteiger partial charge in [-0.1, -0.05) is 41.1 Å². The van der Waals surface area contributed by atoms with E-state index in [9.17, 15) is 13.2 Å². The molecule has 0 aliphatic heterocycles. The van der Waals surface area contributed by atoms with E-state index in [-0.39, 0.29) is 16.3 Å². The third kappa shape index (κ3) is 4.47. The van der Waals surface area contributed by atoms with Crippen LogP contribution in [0.1, 0.15) is 5.56 Å². The van der Waals surface area contributed by atoms with Crippen LogP contribution in [0.5, 0.6) is 0 Å². The van der Waals surface area contributed by atoms with Crippen molar-refractivity contribution in [3.05, 3.63) is 62.7 Å². The van der Waals surface area contributed by atoms with Gasteiger partial charge in [0.2, 0.25) is 10.0 Å². The molecule has 0 aliphatic carbocycles. The van der Waals surface area contributed by atoms with Gasteiger partial charge in [-0.25, -0.2) is 13.1 Å². The summed E-state index contributed by atoms with van der Waals surface area (Å²) in [7, 11) is -3.70. The average molecular weight is 398 g/mol. The van der Waals surface area contributed by atoms with E-state index >= 15 is 0 Å². The van der Waals surface area contributed by atoms with E-state index in [1.54, 1.807) is 18.2 Å². The van der Waals surface area contributed by atoms with Crippen LogP contribution in [0.3, 0.4) is 0 Å². The molecule has 0 spiro atoms. The highest BCUT2D eigenvalue weighted by Crippen LogP contribution is 2.22. The van der Waals surface area contributed by atoms with E-state index in [4.69, 9.17) is 11.6 Å². The van der Waals surface area contributed by atoms with Crippen LogP contribution in [0.25, 0.3) is 10.2 Å². The van der Waals surface area contributed by atoms with Crippen molar-refractivity contribution in [3.63, 3.8) is 0 Å². The number of para-hydroxylation sites is 1. The summed E-state index contributed by atoms with van der Waals surface area (Å²) < 4.78 is 28.1. The molecule has 6 nitrogen and oxygen atoms in total. The van der Waals surface area contributed by atoms with Crippen molar-refractivity contribution < 1.29 is 8.42 Å². The Balaban J connectivity index is 1.59. The molecule has 0 amide bonds. The molecule has 3 N–H and O–H groups in total. The van der Waals surface area contributed by atoms with Crippen LogP contribution in [0.4, 0.5) is 0 Å². The van der Waals surface area contributed by atoms with E-state index in [0.717, 1.165) is 16.9 Å². The van der Waals surface area contributed by atoms with Gasteiger partial charge in [-0.2, -0.15) is 0 Å². The van der Waals surface area contributed by atoms with Crippen molar-refractivity contribution in [1.29, 1.82) is 0 Å². The van der Waals surface area contributed by atoms with E-state index < -0.39 is 10.0 Å². The number of aromatic nitrogens is 1. The summed E-state index contributed by atoms with van der Waals surface area (Å²) in [5, 5.41) is 3.82. The zero-order valence-corrected chi connectivity index (χ0v) is 15.5. The second-order valence-electron chi connectivity index (χ2n) is 5.35. The molecule has 0 saturated carbocycles. The van der Waals surface area contributed by atoms with Crippen LogP contribution in [-0.2, 0) is 16.6 Å². The minimum atomic E-state index is -3.70. The Morgan fingerprint density at radius 3 is 2.72 bits per heavy atom. The van der Waals surface area contributed by atoms with Crippen LogP contribution >= 0.6 is 22.9 Å². The monoisotopic (exact) mass is 397 g/mol. The maximum absolute atomic E-state index is 12.5. The normalized spacial score (nSPS) is 11.9. The van der Waals surface area contributed by atoms with E-state index in [2.05, 4.69) is 15.0 Å². The fourth-order valence-electron chi connectivity index (χ4n) is 2.40. The fraction of sp³-hybridized carbons (Fsp3) is 0.188. The lowest BCUT2D eigenvalue weighted by Gasteiger charge is -2.09. The molecule has 0 aliphatic rings. The molecular formula is C16H16ClN3O3S2. The van der Waals surface area contributed by atoms with E-state index in [1.807, 2.05) is 18.2 Å². The average Bonchev–Trinajstić information content (AvgIpc) is 2.94. The number of rotatable bonds is 7. The number of halogens is 1. The van der Waals surface area contributed by atoms with Crippen molar-refractivity contribution in [2.24, 2.45) is 0 Å². The highest BCUT2D eigenvalue weighted by atomic mass is 35.5. The number of thiazole rings is 1. The van der Waals surface area contributed by atoms with E-state index in [1.165, 1.54) is 6.07 Å². The molecule has 0 atom stereocenters. The predicted molar refractivity (Wildman–Crippen MR) is 101 cm³/mol. The Hall–Kier alpha value is -1.71. The van der Waals surface area contributed by atoms with Crippen LogP contribution in [-0.4, -0.2) is 26.5 Å². The van der Waals surface area contributed by atoms with Gasteiger partial charge in [0.25, 0.3) is 0 Å². The summed E-state index contributed by atoms with van der Waals surface area (Å²) in [6, 6.07) is 12.3. The number of sulfonamides is 1. The number of hydrogen-bond acceptors (Lipinski definition) is 5. The van der Waals surface area contributed by atoms with Gasteiger partial charge in [0.1, 0.15) is 4.90 Å². The first-order chi connectivity index (χ1) is 12.0. The molecule has 25 heavy (non-hydrogen) atoms. The first-order valence-corrected chi connectivity index (χ1v) is 10.2. The second-order valence-corrected chi connectivity index (χ2v) is 8.53. The molecule has 132 valence electrons. The smallest absolute Gasteiger partial charge is 0.305 e. The summed E-state index contributed by atoms with van der Waals surface area (Å²) in [4.78, 5) is 13.8. The summed E-state index contributed by atoms with van der Waals surface area (Å²) in [5.74, 6) is 0. The van der Waals surface area contributed by atoms with Gasteiger partial charge in [0.15, 0.2) is 0 Å². The Bertz CT molecular complexity index is 1040. The number of nitrogens with one attached hydrogen (secondary N) is 3. The molecule has 1 heterocycles. The minimum Gasteiger partial charge on any atom is -0.311 e. The Labute approximate surface area is 153 Å². The Morgan fingerprint density at radius 2 is 1.92 bits per heavy atom. The zero-order valence-electron chi connectivity index (χ0n) is 13.1. The number of H-pyrrole nitrogens is 1. The molecule has 9 heteroatoms. The summed E-state index contributed by atoms with van der Waals surface area (Å²) in [6.07, 6.45) is 0. The molecule has 1 aromatic heterocycles. The van der Waals surface area contributed by atoms with Gasteiger partial charge in [-0.15, -0.1) is 0 Å². The van der Waals surface area contributed by atoms with E-state index in [0.29, 0.717) is 28.3 Å². The van der Waals surface area contributed by atoms with Crippen molar-refractivity contribution in [2.45, 2.75) is 11.4 Å². The molecule has 0 unspecified atom stereocenters. The minimum absolute atomic E-state index is 0.0817.